The average molecular weight is 219 g/mol. The highest BCUT2D eigenvalue weighted by Crippen LogP contribution is 2.43. The standard InChI is InChI=1S/C9H9ClF2N2/c10-7-2-4-13-8(14-7)6-1-3-9(11,12)5-6/h2,4,6H,1,3,5H2. The van der Waals surface area contributed by atoms with Gasteiger partial charge in [-0.2, -0.15) is 0 Å². The Balaban J connectivity index is 2.17. The Kier molecular flexibility index (Phi) is 2.39. The summed E-state index contributed by atoms with van der Waals surface area (Å²) in [5.74, 6) is -2.37. The lowest BCUT2D eigenvalue weighted by Crippen LogP contribution is -2.10. The third-order valence-electron chi connectivity index (χ3n) is 2.41. The molecule has 0 amide bonds. The Morgan fingerprint density at radius 2 is 2.29 bits per heavy atom. The largest absolute Gasteiger partial charge is 0.248 e. The van der Waals surface area contributed by atoms with Crippen molar-refractivity contribution in [3.63, 3.8) is 0 Å². The molecule has 1 heterocycles. The van der Waals surface area contributed by atoms with Crippen molar-refractivity contribution in [2.24, 2.45) is 0 Å². The maximum Gasteiger partial charge on any atom is 0.248 e. The third kappa shape index (κ3) is 2.00. The Morgan fingerprint density at radius 3 is 2.86 bits per heavy atom. The first-order valence-electron chi connectivity index (χ1n) is 4.43. The topological polar surface area (TPSA) is 25.8 Å². The molecule has 1 fully saturated rings. The number of hydrogen-bond acceptors (Lipinski definition) is 2. The van der Waals surface area contributed by atoms with E-state index in [0.29, 0.717) is 17.4 Å². The second-order valence-corrected chi connectivity index (χ2v) is 3.92. The maximum absolute atomic E-state index is 12.9. The highest BCUT2D eigenvalue weighted by Gasteiger charge is 2.41. The summed E-state index contributed by atoms with van der Waals surface area (Å²) in [6.45, 7) is 0. The molecular formula is C9H9ClF2N2. The highest BCUT2D eigenvalue weighted by molar-refractivity contribution is 6.29. The van der Waals surface area contributed by atoms with Crippen LogP contribution in [0.1, 0.15) is 31.0 Å². The lowest BCUT2D eigenvalue weighted by molar-refractivity contribution is 0.00754. The van der Waals surface area contributed by atoms with Crippen LogP contribution < -0.4 is 0 Å². The van der Waals surface area contributed by atoms with E-state index in [-0.39, 0.29) is 18.8 Å². The third-order valence-corrected chi connectivity index (χ3v) is 2.62. The van der Waals surface area contributed by atoms with Crippen molar-refractivity contribution in [2.75, 3.05) is 0 Å². The summed E-state index contributed by atoms with van der Waals surface area (Å²) in [7, 11) is 0. The Bertz CT molecular complexity index is 343. The van der Waals surface area contributed by atoms with Gasteiger partial charge in [0.05, 0.1) is 0 Å². The van der Waals surface area contributed by atoms with Gasteiger partial charge in [0.25, 0.3) is 0 Å². The number of rotatable bonds is 1. The van der Waals surface area contributed by atoms with Crippen molar-refractivity contribution >= 4 is 11.6 Å². The summed E-state index contributed by atoms with van der Waals surface area (Å²) >= 11 is 5.66. The van der Waals surface area contributed by atoms with Gasteiger partial charge in [0.1, 0.15) is 11.0 Å². The number of hydrogen-bond donors (Lipinski definition) is 0. The maximum atomic E-state index is 12.9. The molecule has 0 radical (unpaired) electrons. The smallest absolute Gasteiger partial charge is 0.241 e. The number of halogens is 3. The fraction of sp³-hybridized carbons (Fsp3) is 0.556. The van der Waals surface area contributed by atoms with Gasteiger partial charge in [0, 0.05) is 25.0 Å². The second-order valence-electron chi connectivity index (χ2n) is 3.53. The van der Waals surface area contributed by atoms with Gasteiger partial charge in [-0.05, 0) is 12.5 Å². The first kappa shape index (κ1) is 9.77. The summed E-state index contributed by atoms with van der Waals surface area (Å²) in [5, 5.41) is 0.310. The normalized spacial score (nSPS) is 25.2. The van der Waals surface area contributed by atoms with Crippen molar-refractivity contribution in [1.82, 2.24) is 9.97 Å². The van der Waals surface area contributed by atoms with Gasteiger partial charge in [0.2, 0.25) is 5.92 Å². The van der Waals surface area contributed by atoms with E-state index in [1.165, 1.54) is 12.3 Å². The fourth-order valence-electron chi connectivity index (χ4n) is 1.72. The van der Waals surface area contributed by atoms with Crippen LogP contribution in [0.5, 0.6) is 0 Å². The van der Waals surface area contributed by atoms with E-state index in [1.807, 2.05) is 0 Å². The Labute approximate surface area is 85.3 Å². The minimum atomic E-state index is -2.56. The molecule has 0 N–H and O–H groups in total. The minimum absolute atomic E-state index is 0.0759. The highest BCUT2D eigenvalue weighted by atomic mass is 35.5. The van der Waals surface area contributed by atoms with Gasteiger partial charge in [-0.3, -0.25) is 0 Å². The molecule has 14 heavy (non-hydrogen) atoms. The molecule has 76 valence electrons. The van der Waals surface area contributed by atoms with E-state index < -0.39 is 5.92 Å². The van der Waals surface area contributed by atoms with Crippen LogP contribution in [0.25, 0.3) is 0 Å². The van der Waals surface area contributed by atoms with Crippen LogP contribution in [0, 0.1) is 0 Å². The molecule has 1 unspecified atom stereocenters. The van der Waals surface area contributed by atoms with Crippen LogP contribution in [0.2, 0.25) is 5.15 Å². The van der Waals surface area contributed by atoms with E-state index in [0.717, 1.165) is 0 Å². The van der Waals surface area contributed by atoms with E-state index >= 15 is 0 Å². The number of nitrogens with zero attached hydrogens (tertiary/aromatic N) is 2. The molecule has 0 aromatic carbocycles. The van der Waals surface area contributed by atoms with Crippen LogP contribution >= 0.6 is 11.6 Å². The Hall–Kier alpha value is -0.770. The summed E-state index contributed by atoms with van der Waals surface area (Å²) in [6, 6.07) is 1.54. The molecule has 5 heteroatoms. The number of alkyl halides is 2. The molecule has 2 nitrogen and oxygen atoms in total. The summed E-state index contributed by atoms with van der Waals surface area (Å²) < 4.78 is 25.8. The first-order valence-corrected chi connectivity index (χ1v) is 4.81. The lowest BCUT2D eigenvalue weighted by Gasteiger charge is -2.08. The van der Waals surface area contributed by atoms with Crippen LogP contribution in [0.4, 0.5) is 8.78 Å². The van der Waals surface area contributed by atoms with E-state index in [9.17, 15) is 8.78 Å². The molecule has 0 bridgehead atoms. The van der Waals surface area contributed by atoms with Crippen molar-refractivity contribution in [1.29, 1.82) is 0 Å². The van der Waals surface area contributed by atoms with E-state index in [2.05, 4.69) is 9.97 Å². The van der Waals surface area contributed by atoms with Gasteiger partial charge < -0.3 is 0 Å². The van der Waals surface area contributed by atoms with Gasteiger partial charge in [-0.15, -0.1) is 0 Å². The SMILES string of the molecule is FC1(F)CCC(c2nccc(Cl)n2)C1. The molecular weight excluding hydrogens is 210 g/mol. The molecule has 1 saturated carbocycles. The molecule has 0 spiro atoms. The summed E-state index contributed by atoms with van der Waals surface area (Å²) in [6.07, 6.45) is 1.70. The van der Waals surface area contributed by atoms with Crippen LogP contribution in [-0.4, -0.2) is 15.9 Å². The van der Waals surface area contributed by atoms with Gasteiger partial charge in [-0.25, -0.2) is 18.7 Å². The summed E-state index contributed by atoms with van der Waals surface area (Å²) in [5.41, 5.74) is 0. The fourth-order valence-corrected chi connectivity index (χ4v) is 1.86. The zero-order valence-corrected chi connectivity index (χ0v) is 8.14. The van der Waals surface area contributed by atoms with Crippen molar-refractivity contribution in [2.45, 2.75) is 31.1 Å². The predicted octanol–water partition coefficient (Wildman–Crippen LogP) is 3.03. The predicted molar refractivity (Wildman–Crippen MR) is 48.6 cm³/mol. The van der Waals surface area contributed by atoms with E-state index in [4.69, 9.17) is 11.6 Å². The van der Waals surface area contributed by atoms with Crippen LogP contribution in [0.15, 0.2) is 12.3 Å². The van der Waals surface area contributed by atoms with Crippen molar-refractivity contribution in [3.8, 4) is 0 Å². The van der Waals surface area contributed by atoms with Crippen LogP contribution in [0.3, 0.4) is 0 Å². The van der Waals surface area contributed by atoms with Crippen molar-refractivity contribution < 1.29 is 8.78 Å². The zero-order valence-electron chi connectivity index (χ0n) is 7.38. The minimum Gasteiger partial charge on any atom is -0.241 e. The molecule has 1 aliphatic rings. The molecule has 2 rings (SSSR count). The monoisotopic (exact) mass is 218 g/mol. The van der Waals surface area contributed by atoms with Gasteiger partial charge >= 0.3 is 0 Å². The lowest BCUT2D eigenvalue weighted by atomic mass is 10.1. The molecule has 1 aromatic heterocycles. The first-order chi connectivity index (χ1) is 6.57. The van der Waals surface area contributed by atoms with Gasteiger partial charge in [-0.1, -0.05) is 11.6 Å². The molecule has 1 aromatic rings. The quantitative estimate of drug-likeness (QED) is 0.677. The zero-order chi connectivity index (χ0) is 10.2. The average Bonchev–Trinajstić information content (AvgIpc) is 2.46. The van der Waals surface area contributed by atoms with Crippen LogP contribution in [-0.2, 0) is 0 Å². The molecule has 0 aliphatic heterocycles. The Morgan fingerprint density at radius 1 is 1.50 bits per heavy atom. The second kappa shape index (κ2) is 3.42. The summed E-state index contributed by atoms with van der Waals surface area (Å²) in [4.78, 5) is 7.90. The van der Waals surface area contributed by atoms with E-state index in [1.54, 1.807) is 0 Å². The van der Waals surface area contributed by atoms with Crippen molar-refractivity contribution in [3.05, 3.63) is 23.2 Å². The van der Waals surface area contributed by atoms with Gasteiger partial charge in [0.15, 0.2) is 0 Å². The number of aromatic nitrogens is 2. The molecule has 1 aliphatic carbocycles. The molecule has 1 atom stereocenters. The molecule has 0 saturated heterocycles.